The third-order valence-electron chi connectivity index (χ3n) is 5.31. The van der Waals surface area contributed by atoms with Gasteiger partial charge in [0.25, 0.3) is 0 Å². The van der Waals surface area contributed by atoms with Crippen molar-refractivity contribution in [1.29, 1.82) is 0 Å². The smallest absolute Gasteiger partial charge is 0.243 e. The zero-order valence-corrected chi connectivity index (χ0v) is 17.3. The molecule has 0 atom stereocenters. The quantitative estimate of drug-likeness (QED) is 0.687. The molecule has 1 saturated heterocycles. The molecule has 7 heteroatoms. The standard InChI is InChI=1S/C23H27N3O4/c1-16-3-8-21(30-2)20(13-16)25-22(28)14-24-23(29)18-9-11-26(12-10-18)19-6-4-17(15-27)5-7-19/h3-8,13,15,18H,9-12,14H2,1-2H3,(H,24,29)(H,25,28). The third kappa shape index (κ3) is 5.37. The fourth-order valence-electron chi connectivity index (χ4n) is 3.59. The van der Waals surface area contributed by atoms with Crippen molar-refractivity contribution in [2.75, 3.05) is 37.0 Å². The number of benzene rings is 2. The lowest BCUT2D eigenvalue weighted by Gasteiger charge is -2.33. The molecule has 0 radical (unpaired) electrons. The lowest BCUT2D eigenvalue weighted by Crippen LogP contribution is -2.42. The summed E-state index contributed by atoms with van der Waals surface area (Å²) in [5.41, 5.74) is 3.29. The highest BCUT2D eigenvalue weighted by molar-refractivity contribution is 5.96. The molecule has 0 saturated carbocycles. The van der Waals surface area contributed by atoms with Crippen LogP contribution in [0.2, 0.25) is 0 Å². The summed E-state index contributed by atoms with van der Waals surface area (Å²) in [4.78, 5) is 37.7. The van der Waals surface area contributed by atoms with Gasteiger partial charge in [0.2, 0.25) is 11.8 Å². The normalized spacial score (nSPS) is 14.1. The monoisotopic (exact) mass is 409 g/mol. The molecule has 158 valence electrons. The molecule has 0 aliphatic carbocycles. The van der Waals surface area contributed by atoms with Crippen LogP contribution >= 0.6 is 0 Å². The number of aldehydes is 1. The second-order valence-corrected chi connectivity index (χ2v) is 7.44. The van der Waals surface area contributed by atoms with Crippen LogP contribution in [0.15, 0.2) is 42.5 Å². The van der Waals surface area contributed by atoms with Gasteiger partial charge in [-0.05, 0) is 61.7 Å². The van der Waals surface area contributed by atoms with Crippen molar-refractivity contribution in [3.05, 3.63) is 53.6 Å². The van der Waals surface area contributed by atoms with Gasteiger partial charge >= 0.3 is 0 Å². The number of nitrogens with one attached hydrogen (secondary N) is 2. The van der Waals surface area contributed by atoms with Crippen LogP contribution in [0.1, 0.15) is 28.8 Å². The summed E-state index contributed by atoms with van der Waals surface area (Å²) in [6, 6.07) is 13.0. The number of amides is 2. The van der Waals surface area contributed by atoms with Gasteiger partial charge in [0.15, 0.2) is 0 Å². The van der Waals surface area contributed by atoms with Crippen molar-refractivity contribution >= 4 is 29.5 Å². The van der Waals surface area contributed by atoms with E-state index in [0.717, 1.165) is 30.6 Å². The van der Waals surface area contributed by atoms with E-state index < -0.39 is 0 Å². The highest BCUT2D eigenvalue weighted by Crippen LogP contribution is 2.25. The molecule has 0 spiro atoms. The minimum absolute atomic E-state index is 0.0801. The number of piperidine rings is 1. The predicted molar refractivity (Wildman–Crippen MR) is 116 cm³/mol. The summed E-state index contributed by atoms with van der Waals surface area (Å²) in [7, 11) is 1.55. The third-order valence-corrected chi connectivity index (χ3v) is 5.31. The van der Waals surface area contributed by atoms with E-state index in [1.165, 1.54) is 0 Å². The number of methoxy groups -OCH3 is 1. The maximum atomic E-state index is 12.5. The van der Waals surface area contributed by atoms with E-state index in [2.05, 4.69) is 15.5 Å². The number of carbonyl (C=O) groups excluding carboxylic acids is 3. The van der Waals surface area contributed by atoms with Crippen LogP contribution in [0, 0.1) is 12.8 Å². The van der Waals surface area contributed by atoms with Crippen LogP contribution in [0.25, 0.3) is 0 Å². The first-order chi connectivity index (χ1) is 14.5. The van der Waals surface area contributed by atoms with Crippen molar-refractivity contribution in [2.45, 2.75) is 19.8 Å². The topological polar surface area (TPSA) is 87.7 Å². The number of nitrogens with zero attached hydrogens (tertiary/aromatic N) is 1. The summed E-state index contributed by atoms with van der Waals surface area (Å²) in [5.74, 6) is 0.0721. The van der Waals surface area contributed by atoms with Gasteiger partial charge in [0, 0.05) is 30.3 Å². The van der Waals surface area contributed by atoms with Gasteiger partial charge in [-0.2, -0.15) is 0 Å². The van der Waals surface area contributed by atoms with Crippen LogP contribution in [-0.4, -0.2) is 44.8 Å². The molecular weight excluding hydrogens is 382 g/mol. The van der Waals surface area contributed by atoms with Gasteiger partial charge < -0.3 is 20.3 Å². The minimum Gasteiger partial charge on any atom is -0.495 e. The number of anilines is 2. The van der Waals surface area contributed by atoms with E-state index in [1.807, 2.05) is 31.2 Å². The Morgan fingerprint density at radius 3 is 2.47 bits per heavy atom. The van der Waals surface area contributed by atoms with Gasteiger partial charge in [0.1, 0.15) is 12.0 Å². The molecule has 1 heterocycles. The van der Waals surface area contributed by atoms with Crippen molar-refractivity contribution in [2.24, 2.45) is 5.92 Å². The zero-order valence-electron chi connectivity index (χ0n) is 17.3. The summed E-state index contributed by atoms with van der Waals surface area (Å²) in [5, 5.41) is 5.53. The van der Waals surface area contributed by atoms with E-state index in [1.54, 1.807) is 25.3 Å². The number of hydrogen-bond donors (Lipinski definition) is 2. The molecule has 1 aliphatic rings. The molecule has 0 unspecified atom stereocenters. The van der Waals surface area contributed by atoms with Crippen molar-refractivity contribution < 1.29 is 19.1 Å². The van der Waals surface area contributed by atoms with E-state index in [0.29, 0.717) is 29.8 Å². The molecular formula is C23H27N3O4. The minimum atomic E-state index is -0.292. The second-order valence-electron chi connectivity index (χ2n) is 7.44. The first kappa shape index (κ1) is 21.4. The fraction of sp³-hybridized carbons (Fsp3) is 0.348. The molecule has 0 bridgehead atoms. The average molecular weight is 409 g/mol. The number of carbonyl (C=O) groups is 3. The Hall–Kier alpha value is -3.35. The van der Waals surface area contributed by atoms with E-state index in [9.17, 15) is 14.4 Å². The van der Waals surface area contributed by atoms with E-state index in [4.69, 9.17) is 4.74 Å². The second kappa shape index (κ2) is 9.91. The molecule has 30 heavy (non-hydrogen) atoms. The average Bonchev–Trinajstić information content (AvgIpc) is 2.78. The molecule has 1 fully saturated rings. The van der Waals surface area contributed by atoms with Crippen molar-refractivity contribution in [3.8, 4) is 5.75 Å². The SMILES string of the molecule is COc1ccc(C)cc1NC(=O)CNC(=O)C1CCN(c2ccc(C=O)cc2)CC1. The van der Waals surface area contributed by atoms with Gasteiger partial charge in [-0.3, -0.25) is 14.4 Å². The summed E-state index contributed by atoms with van der Waals surface area (Å²) in [6.07, 6.45) is 2.26. The lowest BCUT2D eigenvalue weighted by molar-refractivity contribution is -0.127. The highest BCUT2D eigenvalue weighted by Gasteiger charge is 2.25. The maximum Gasteiger partial charge on any atom is 0.243 e. The fourth-order valence-corrected chi connectivity index (χ4v) is 3.59. The molecule has 0 aromatic heterocycles. The van der Waals surface area contributed by atoms with Crippen LogP contribution in [0.4, 0.5) is 11.4 Å². The Labute approximate surface area is 176 Å². The van der Waals surface area contributed by atoms with Crippen molar-refractivity contribution in [1.82, 2.24) is 5.32 Å². The highest BCUT2D eigenvalue weighted by atomic mass is 16.5. The van der Waals surface area contributed by atoms with Crippen molar-refractivity contribution in [3.63, 3.8) is 0 Å². The van der Waals surface area contributed by atoms with Gasteiger partial charge in [0.05, 0.1) is 19.3 Å². The van der Waals surface area contributed by atoms with Crippen LogP contribution in [-0.2, 0) is 9.59 Å². The van der Waals surface area contributed by atoms with E-state index in [-0.39, 0.29) is 24.3 Å². The number of ether oxygens (including phenoxy) is 1. The Balaban J connectivity index is 1.46. The van der Waals surface area contributed by atoms with Crippen LogP contribution in [0.3, 0.4) is 0 Å². The Bertz CT molecular complexity index is 903. The van der Waals surface area contributed by atoms with Crippen LogP contribution < -0.4 is 20.3 Å². The Morgan fingerprint density at radius 2 is 1.83 bits per heavy atom. The summed E-state index contributed by atoms with van der Waals surface area (Å²) < 4.78 is 5.26. The maximum absolute atomic E-state index is 12.5. The Morgan fingerprint density at radius 1 is 1.13 bits per heavy atom. The summed E-state index contributed by atoms with van der Waals surface area (Å²) >= 11 is 0. The molecule has 2 aromatic carbocycles. The first-order valence-corrected chi connectivity index (χ1v) is 10.0. The molecule has 7 nitrogen and oxygen atoms in total. The van der Waals surface area contributed by atoms with E-state index >= 15 is 0 Å². The zero-order chi connectivity index (χ0) is 21.5. The van der Waals surface area contributed by atoms with Gasteiger partial charge in [-0.1, -0.05) is 6.07 Å². The molecule has 2 amide bonds. The van der Waals surface area contributed by atoms with Crippen LogP contribution in [0.5, 0.6) is 5.75 Å². The predicted octanol–water partition coefficient (Wildman–Crippen LogP) is 2.79. The number of aryl methyl sites for hydroxylation is 1. The van der Waals surface area contributed by atoms with Gasteiger partial charge in [-0.25, -0.2) is 0 Å². The number of hydrogen-bond acceptors (Lipinski definition) is 5. The molecule has 2 N–H and O–H groups in total. The largest absolute Gasteiger partial charge is 0.495 e. The summed E-state index contributed by atoms with van der Waals surface area (Å²) in [6.45, 7) is 3.36. The number of rotatable bonds is 7. The molecule has 1 aliphatic heterocycles. The first-order valence-electron chi connectivity index (χ1n) is 10.0. The molecule has 2 aromatic rings. The van der Waals surface area contributed by atoms with Gasteiger partial charge in [-0.15, -0.1) is 0 Å². The Kier molecular flexibility index (Phi) is 7.06. The lowest BCUT2D eigenvalue weighted by atomic mass is 9.95. The molecule has 3 rings (SSSR count).